The second-order valence-corrected chi connectivity index (χ2v) is 5.33. The molecule has 0 radical (unpaired) electrons. The van der Waals surface area contributed by atoms with Crippen molar-refractivity contribution in [2.75, 3.05) is 5.32 Å². The van der Waals surface area contributed by atoms with Gasteiger partial charge in [-0.2, -0.15) is 10.2 Å². The van der Waals surface area contributed by atoms with Gasteiger partial charge in [-0.1, -0.05) is 0 Å². The van der Waals surface area contributed by atoms with Crippen LogP contribution < -0.4 is 5.32 Å². The maximum atomic E-state index is 12.3. The lowest BCUT2D eigenvalue weighted by molar-refractivity contribution is -0.385. The van der Waals surface area contributed by atoms with E-state index in [0.29, 0.717) is 18.0 Å². The number of carbonyl (C=O) groups is 1. The van der Waals surface area contributed by atoms with Crippen LogP contribution in [0.5, 0.6) is 0 Å². The first-order chi connectivity index (χ1) is 12.0. The molecule has 1 N–H and O–H groups in total. The van der Waals surface area contributed by atoms with E-state index < -0.39 is 10.8 Å². The van der Waals surface area contributed by atoms with Crippen molar-refractivity contribution < 1.29 is 14.1 Å². The van der Waals surface area contributed by atoms with Gasteiger partial charge in [-0.25, -0.2) is 0 Å². The second kappa shape index (κ2) is 6.59. The smallest absolute Gasteiger partial charge is 0.307 e. The summed E-state index contributed by atoms with van der Waals surface area (Å²) in [7, 11) is 0. The van der Waals surface area contributed by atoms with Crippen molar-refractivity contribution in [3.8, 4) is 0 Å². The number of nitrogens with zero attached hydrogens (tertiary/aromatic N) is 5. The molecule has 0 saturated heterocycles. The molecule has 0 aliphatic rings. The van der Waals surface area contributed by atoms with Gasteiger partial charge in [-0.05, 0) is 26.0 Å². The molecule has 3 heterocycles. The third-order valence-corrected chi connectivity index (χ3v) is 3.68. The predicted octanol–water partition coefficient (Wildman–Crippen LogP) is 2.21. The van der Waals surface area contributed by atoms with E-state index in [1.54, 1.807) is 23.0 Å². The highest BCUT2D eigenvalue weighted by molar-refractivity contribution is 6.02. The van der Waals surface area contributed by atoms with Gasteiger partial charge in [0.1, 0.15) is 18.2 Å². The Morgan fingerprint density at radius 2 is 2.16 bits per heavy atom. The Hall–Kier alpha value is -3.43. The van der Waals surface area contributed by atoms with Gasteiger partial charge in [-0.3, -0.25) is 24.3 Å². The van der Waals surface area contributed by atoms with Crippen LogP contribution in [0.15, 0.2) is 35.1 Å². The van der Waals surface area contributed by atoms with Crippen molar-refractivity contribution in [3.05, 3.63) is 58.1 Å². The molecule has 0 unspecified atom stereocenters. The lowest BCUT2D eigenvalue weighted by Crippen LogP contribution is -2.11. The summed E-state index contributed by atoms with van der Waals surface area (Å²) in [6.45, 7) is 4.73. The Morgan fingerprint density at radius 1 is 1.36 bits per heavy atom. The molecular formula is C15H16N6O4. The molecule has 0 saturated carbocycles. The molecule has 3 aromatic rings. The molecule has 10 nitrogen and oxygen atoms in total. The molecule has 130 valence electrons. The van der Waals surface area contributed by atoms with E-state index in [-0.39, 0.29) is 18.0 Å². The number of furan rings is 1. The normalized spacial score (nSPS) is 10.8. The molecule has 10 heteroatoms. The van der Waals surface area contributed by atoms with Crippen molar-refractivity contribution in [1.29, 1.82) is 0 Å². The molecular weight excluding hydrogens is 328 g/mol. The molecule has 1 amide bonds. The van der Waals surface area contributed by atoms with E-state index in [1.807, 2.05) is 13.8 Å². The van der Waals surface area contributed by atoms with Gasteiger partial charge in [0, 0.05) is 6.54 Å². The SMILES string of the molecule is CCn1ncc(NC(=O)c2ccc(Cn3cc([N+](=O)[O-])cn3)o2)c1C. The summed E-state index contributed by atoms with van der Waals surface area (Å²) in [5.41, 5.74) is 1.37. The standard InChI is InChI=1S/C15H16N6O4/c1-3-20-10(2)13(7-17-20)18-15(22)14-5-4-12(25-14)9-19-8-11(6-16-19)21(23)24/h4-8H,3,9H2,1-2H3,(H,18,22). The predicted molar refractivity (Wildman–Crippen MR) is 87.3 cm³/mol. The van der Waals surface area contributed by atoms with Gasteiger partial charge in [0.05, 0.1) is 29.0 Å². The fourth-order valence-corrected chi connectivity index (χ4v) is 2.35. The summed E-state index contributed by atoms with van der Waals surface area (Å²) < 4.78 is 8.64. The molecule has 0 aromatic carbocycles. The van der Waals surface area contributed by atoms with Crippen LogP contribution in [0.3, 0.4) is 0 Å². The number of nitrogens with one attached hydrogen (secondary N) is 1. The molecule has 0 atom stereocenters. The summed E-state index contributed by atoms with van der Waals surface area (Å²) in [4.78, 5) is 22.4. The third kappa shape index (κ3) is 3.42. The number of aromatic nitrogens is 4. The Balaban J connectivity index is 1.68. The van der Waals surface area contributed by atoms with Gasteiger partial charge >= 0.3 is 5.69 Å². The monoisotopic (exact) mass is 344 g/mol. The Kier molecular flexibility index (Phi) is 4.33. The highest BCUT2D eigenvalue weighted by atomic mass is 16.6. The Labute approximate surface area is 142 Å². The van der Waals surface area contributed by atoms with Crippen LogP contribution in [0, 0.1) is 17.0 Å². The Morgan fingerprint density at radius 3 is 2.80 bits per heavy atom. The largest absolute Gasteiger partial charge is 0.454 e. The summed E-state index contributed by atoms with van der Waals surface area (Å²) in [6, 6.07) is 3.17. The lowest BCUT2D eigenvalue weighted by Gasteiger charge is -2.03. The zero-order chi connectivity index (χ0) is 18.0. The first-order valence-corrected chi connectivity index (χ1v) is 7.57. The summed E-state index contributed by atoms with van der Waals surface area (Å²) in [5, 5.41) is 21.4. The minimum Gasteiger partial charge on any atom is -0.454 e. The van der Waals surface area contributed by atoms with E-state index >= 15 is 0 Å². The topological polar surface area (TPSA) is 121 Å². The first kappa shape index (κ1) is 16.4. The average Bonchev–Trinajstić information content (AvgIpc) is 3.29. The van der Waals surface area contributed by atoms with Crippen LogP contribution >= 0.6 is 0 Å². The highest BCUT2D eigenvalue weighted by Crippen LogP contribution is 2.17. The van der Waals surface area contributed by atoms with E-state index in [9.17, 15) is 14.9 Å². The summed E-state index contributed by atoms with van der Waals surface area (Å²) in [6.07, 6.45) is 4.04. The highest BCUT2D eigenvalue weighted by Gasteiger charge is 2.15. The van der Waals surface area contributed by atoms with Gasteiger partial charge in [-0.15, -0.1) is 0 Å². The molecule has 0 bridgehead atoms. The molecule has 25 heavy (non-hydrogen) atoms. The van der Waals surface area contributed by atoms with Crippen LogP contribution in [0.25, 0.3) is 0 Å². The van der Waals surface area contributed by atoms with E-state index in [0.717, 1.165) is 11.9 Å². The minimum absolute atomic E-state index is 0.104. The maximum Gasteiger partial charge on any atom is 0.307 e. The fraction of sp³-hybridized carbons (Fsp3) is 0.267. The number of anilines is 1. The van der Waals surface area contributed by atoms with Gasteiger partial charge in [0.15, 0.2) is 5.76 Å². The number of amides is 1. The molecule has 0 fully saturated rings. The van der Waals surface area contributed by atoms with Crippen LogP contribution in [0.1, 0.15) is 28.9 Å². The molecule has 0 aliphatic carbocycles. The zero-order valence-electron chi connectivity index (χ0n) is 13.7. The summed E-state index contributed by atoms with van der Waals surface area (Å²) >= 11 is 0. The quantitative estimate of drug-likeness (QED) is 0.540. The van der Waals surface area contributed by atoms with Crippen molar-refractivity contribution >= 4 is 17.3 Å². The number of hydrogen-bond acceptors (Lipinski definition) is 6. The van der Waals surface area contributed by atoms with E-state index in [2.05, 4.69) is 15.5 Å². The average molecular weight is 344 g/mol. The molecule has 0 spiro atoms. The number of carbonyl (C=O) groups excluding carboxylic acids is 1. The lowest BCUT2D eigenvalue weighted by atomic mass is 10.3. The Bertz CT molecular complexity index is 922. The number of aryl methyl sites for hydroxylation is 1. The van der Waals surface area contributed by atoms with Crippen molar-refractivity contribution in [2.24, 2.45) is 0 Å². The number of nitro groups is 1. The van der Waals surface area contributed by atoms with Gasteiger partial charge in [0.25, 0.3) is 5.91 Å². The first-order valence-electron chi connectivity index (χ1n) is 7.57. The molecule has 0 aliphatic heterocycles. The van der Waals surface area contributed by atoms with Gasteiger partial charge in [0.2, 0.25) is 0 Å². The van der Waals surface area contributed by atoms with Crippen LogP contribution in [-0.2, 0) is 13.1 Å². The van der Waals surface area contributed by atoms with E-state index in [1.165, 1.54) is 10.9 Å². The van der Waals surface area contributed by atoms with Crippen molar-refractivity contribution in [3.63, 3.8) is 0 Å². The van der Waals surface area contributed by atoms with Gasteiger partial charge < -0.3 is 9.73 Å². The zero-order valence-corrected chi connectivity index (χ0v) is 13.7. The number of hydrogen-bond donors (Lipinski definition) is 1. The van der Waals surface area contributed by atoms with Crippen LogP contribution in [0.2, 0.25) is 0 Å². The van der Waals surface area contributed by atoms with E-state index in [4.69, 9.17) is 4.42 Å². The number of rotatable bonds is 6. The fourth-order valence-electron chi connectivity index (χ4n) is 2.35. The second-order valence-electron chi connectivity index (χ2n) is 5.33. The van der Waals surface area contributed by atoms with Crippen molar-refractivity contribution in [2.45, 2.75) is 26.9 Å². The molecule has 3 aromatic heterocycles. The maximum absolute atomic E-state index is 12.3. The van der Waals surface area contributed by atoms with Crippen LogP contribution in [-0.4, -0.2) is 30.4 Å². The minimum atomic E-state index is -0.524. The van der Waals surface area contributed by atoms with Crippen molar-refractivity contribution in [1.82, 2.24) is 19.6 Å². The van der Waals surface area contributed by atoms with Crippen LogP contribution in [0.4, 0.5) is 11.4 Å². The molecule has 3 rings (SSSR count). The third-order valence-electron chi connectivity index (χ3n) is 3.68. The summed E-state index contributed by atoms with van der Waals surface area (Å²) in [5.74, 6) is 0.209.